The van der Waals surface area contributed by atoms with E-state index in [0.29, 0.717) is 15.2 Å². The molecular weight excluding hydrogens is 249 g/mol. The van der Waals surface area contributed by atoms with Crippen molar-refractivity contribution in [3.8, 4) is 0 Å². The topological polar surface area (TPSA) is 47.0 Å². The molecule has 0 spiro atoms. The van der Waals surface area contributed by atoms with Gasteiger partial charge in [0.2, 0.25) is 4.34 Å². The van der Waals surface area contributed by atoms with Crippen LogP contribution in [0.5, 0.6) is 0 Å². The number of nitrogens with zero attached hydrogens (tertiary/aromatic N) is 1. The molecule has 2 aromatic rings. The summed E-state index contributed by atoms with van der Waals surface area (Å²) in [6, 6.07) is 4.68. The van der Waals surface area contributed by atoms with Crippen LogP contribution in [0.4, 0.5) is 3.89 Å². The second-order valence-corrected chi connectivity index (χ2v) is 5.52. The van der Waals surface area contributed by atoms with Crippen molar-refractivity contribution in [3.05, 3.63) is 23.2 Å². The molecule has 0 aliphatic carbocycles. The van der Waals surface area contributed by atoms with E-state index in [4.69, 9.17) is 11.6 Å². The van der Waals surface area contributed by atoms with E-state index in [1.54, 1.807) is 12.1 Å². The highest BCUT2D eigenvalue weighted by Crippen LogP contribution is 2.28. The Labute approximate surface area is 88.4 Å². The minimum Gasteiger partial charge on any atom is -0.223 e. The van der Waals surface area contributed by atoms with Gasteiger partial charge in [0, 0.05) is 5.02 Å². The summed E-state index contributed by atoms with van der Waals surface area (Å²) in [6.07, 6.45) is 0. The molecule has 0 aliphatic heterocycles. The van der Waals surface area contributed by atoms with Crippen LogP contribution in [0.3, 0.4) is 0 Å². The predicted octanol–water partition coefficient (Wildman–Crippen LogP) is 2.61. The van der Waals surface area contributed by atoms with Gasteiger partial charge in [-0.2, -0.15) is 8.42 Å². The van der Waals surface area contributed by atoms with Gasteiger partial charge in [-0.05, 0) is 18.2 Å². The summed E-state index contributed by atoms with van der Waals surface area (Å²) >= 11 is 6.44. The van der Waals surface area contributed by atoms with Crippen LogP contribution in [0, 0.1) is 0 Å². The van der Waals surface area contributed by atoms with Gasteiger partial charge >= 0.3 is 10.2 Å². The Bertz CT molecular complexity index is 593. The molecule has 0 atom stereocenters. The first-order chi connectivity index (χ1) is 6.47. The third-order valence-electron chi connectivity index (χ3n) is 1.54. The standard InChI is InChI=1S/C7H3ClFNO2S2/c8-4-1-2-6-5(3-4)10-7(13-6)14(9,11)12/h1-3H. The molecule has 1 aromatic heterocycles. The Morgan fingerprint density at radius 3 is 2.79 bits per heavy atom. The lowest BCUT2D eigenvalue weighted by Crippen LogP contribution is -1.88. The van der Waals surface area contributed by atoms with Gasteiger partial charge in [0.15, 0.2) is 0 Å². The maximum atomic E-state index is 12.5. The number of halogens is 2. The summed E-state index contributed by atoms with van der Waals surface area (Å²) in [5.74, 6) is 0. The lowest BCUT2D eigenvalue weighted by molar-refractivity contribution is 0.551. The van der Waals surface area contributed by atoms with Gasteiger partial charge in [-0.1, -0.05) is 15.5 Å². The van der Waals surface area contributed by atoms with Gasteiger partial charge < -0.3 is 0 Å². The maximum Gasteiger partial charge on any atom is 0.359 e. The molecule has 0 N–H and O–H groups in total. The number of aromatic nitrogens is 1. The molecule has 0 saturated heterocycles. The third kappa shape index (κ3) is 1.73. The summed E-state index contributed by atoms with van der Waals surface area (Å²) in [4.78, 5) is 3.62. The minimum absolute atomic E-state index is 0.388. The molecule has 2 rings (SSSR count). The van der Waals surface area contributed by atoms with Crippen LogP contribution >= 0.6 is 22.9 Å². The first-order valence-electron chi connectivity index (χ1n) is 3.47. The van der Waals surface area contributed by atoms with Crippen molar-refractivity contribution >= 4 is 43.4 Å². The molecule has 1 aromatic carbocycles. The lowest BCUT2D eigenvalue weighted by atomic mass is 10.3. The number of hydrogen-bond acceptors (Lipinski definition) is 4. The molecule has 0 aliphatic rings. The molecule has 0 unspecified atom stereocenters. The zero-order valence-electron chi connectivity index (χ0n) is 6.57. The zero-order chi connectivity index (χ0) is 10.3. The second kappa shape index (κ2) is 3.15. The number of fused-ring (bicyclic) bond motifs is 1. The van der Waals surface area contributed by atoms with Crippen molar-refractivity contribution in [1.82, 2.24) is 4.98 Å². The molecule has 0 saturated carbocycles. The number of thiazole rings is 1. The Hall–Kier alpha value is -0.720. The highest BCUT2D eigenvalue weighted by Gasteiger charge is 2.17. The van der Waals surface area contributed by atoms with Crippen molar-refractivity contribution in [1.29, 1.82) is 0 Å². The first kappa shape index (κ1) is 9.82. The first-order valence-corrected chi connectivity index (χ1v) is 6.05. The van der Waals surface area contributed by atoms with E-state index in [2.05, 4.69) is 4.98 Å². The van der Waals surface area contributed by atoms with Crippen LogP contribution in [0.2, 0.25) is 5.02 Å². The average molecular weight is 252 g/mol. The van der Waals surface area contributed by atoms with Crippen LogP contribution < -0.4 is 0 Å². The molecule has 74 valence electrons. The minimum atomic E-state index is -4.71. The molecule has 0 fully saturated rings. The highest BCUT2D eigenvalue weighted by atomic mass is 35.5. The third-order valence-corrected chi connectivity index (χ3v) is 3.96. The molecule has 7 heteroatoms. The van der Waals surface area contributed by atoms with Crippen LogP contribution in [-0.2, 0) is 10.2 Å². The van der Waals surface area contributed by atoms with Gasteiger partial charge in [-0.15, -0.1) is 11.3 Å². The summed E-state index contributed by atoms with van der Waals surface area (Å²) in [5, 5.41) is 0.436. The second-order valence-electron chi connectivity index (χ2n) is 2.53. The molecular formula is C7H3ClFNO2S2. The van der Waals surface area contributed by atoms with Gasteiger partial charge in [-0.3, -0.25) is 0 Å². The quantitative estimate of drug-likeness (QED) is 0.732. The van der Waals surface area contributed by atoms with Crippen molar-refractivity contribution in [2.24, 2.45) is 0 Å². The molecule has 0 bridgehead atoms. The Kier molecular flexibility index (Phi) is 2.21. The summed E-state index contributed by atoms with van der Waals surface area (Å²) in [6.45, 7) is 0. The Morgan fingerprint density at radius 1 is 1.43 bits per heavy atom. The highest BCUT2D eigenvalue weighted by molar-refractivity contribution is 7.88. The zero-order valence-corrected chi connectivity index (χ0v) is 8.96. The molecule has 0 amide bonds. The fraction of sp³-hybridized carbons (Fsp3) is 0. The van der Waals surface area contributed by atoms with Crippen LogP contribution in [0.1, 0.15) is 0 Å². The van der Waals surface area contributed by atoms with Crippen molar-refractivity contribution in [3.63, 3.8) is 0 Å². The normalized spacial score (nSPS) is 12.1. The fourth-order valence-electron chi connectivity index (χ4n) is 0.984. The van der Waals surface area contributed by atoms with Gasteiger partial charge in [0.25, 0.3) is 0 Å². The van der Waals surface area contributed by atoms with Gasteiger partial charge in [-0.25, -0.2) is 4.98 Å². The number of benzene rings is 1. The van der Waals surface area contributed by atoms with Crippen LogP contribution in [0.15, 0.2) is 22.5 Å². The number of rotatable bonds is 1. The van der Waals surface area contributed by atoms with Crippen molar-refractivity contribution < 1.29 is 12.3 Å². The smallest absolute Gasteiger partial charge is 0.223 e. The number of hydrogen-bond donors (Lipinski definition) is 0. The Morgan fingerprint density at radius 2 is 2.14 bits per heavy atom. The SMILES string of the molecule is O=S(=O)(F)c1nc2cc(Cl)ccc2s1. The van der Waals surface area contributed by atoms with Crippen LogP contribution in [-0.4, -0.2) is 13.4 Å². The van der Waals surface area contributed by atoms with E-state index in [1.807, 2.05) is 0 Å². The van der Waals surface area contributed by atoms with E-state index in [-0.39, 0.29) is 0 Å². The molecule has 0 radical (unpaired) electrons. The van der Waals surface area contributed by atoms with Crippen molar-refractivity contribution in [2.45, 2.75) is 4.34 Å². The van der Waals surface area contributed by atoms with Crippen LogP contribution in [0.25, 0.3) is 10.2 Å². The van der Waals surface area contributed by atoms with E-state index in [9.17, 15) is 12.3 Å². The molecule has 3 nitrogen and oxygen atoms in total. The maximum absolute atomic E-state index is 12.5. The lowest BCUT2D eigenvalue weighted by Gasteiger charge is -1.86. The summed E-state index contributed by atoms with van der Waals surface area (Å²) < 4.78 is 33.7. The Balaban J connectivity index is 2.75. The van der Waals surface area contributed by atoms with E-state index < -0.39 is 14.6 Å². The van der Waals surface area contributed by atoms with Crippen molar-refractivity contribution in [2.75, 3.05) is 0 Å². The predicted molar refractivity (Wildman–Crippen MR) is 52.9 cm³/mol. The summed E-state index contributed by atoms with van der Waals surface area (Å²) in [5.41, 5.74) is 0.388. The fourth-order valence-corrected chi connectivity index (χ4v) is 2.70. The molecule has 14 heavy (non-hydrogen) atoms. The monoisotopic (exact) mass is 251 g/mol. The van der Waals surface area contributed by atoms with Gasteiger partial charge in [0.1, 0.15) is 0 Å². The summed E-state index contributed by atoms with van der Waals surface area (Å²) in [7, 11) is -4.71. The van der Waals surface area contributed by atoms with E-state index in [0.717, 1.165) is 11.3 Å². The van der Waals surface area contributed by atoms with E-state index in [1.165, 1.54) is 6.07 Å². The average Bonchev–Trinajstić information content (AvgIpc) is 2.45. The molecule has 1 heterocycles. The largest absolute Gasteiger partial charge is 0.359 e. The van der Waals surface area contributed by atoms with Gasteiger partial charge in [0.05, 0.1) is 10.2 Å². The van der Waals surface area contributed by atoms with E-state index >= 15 is 0 Å².